The number of nitrogens with one attached hydrogen (secondary N) is 2. The number of hydrogen-bond donors (Lipinski definition) is 2. The number of carbonyl (C=O) groups excluding carboxylic acids is 3. The van der Waals surface area contributed by atoms with Gasteiger partial charge in [0.05, 0.1) is 0 Å². The molecule has 0 bridgehead atoms. The molecule has 146 valence electrons. The van der Waals surface area contributed by atoms with Crippen molar-refractivity contribution < 1.29 is 14.4 Å². The van der Waals surface area contributed by atoms with Gasteiger partial charge >= 0.3 is 0 Å². The third-order valence-corrected chi connectivity index (χ3v) is 4.67. The Hall–Kier alpha value is -3.15. The van der Waals surface area contributed by atoms with E-state index in [4.69, 9.17) is 0 Å². The molecule has 6 nitrogen and oxygen atoms in total. The van der Waals surface area contributed by atoms with E-state index < -0.39 is 6.04 Å². The first-order valence-corrected chi connectivity index (χ1v) is 9.42. The fraction of sp³-hybridized carbons (Fsp3) is 0.318. The van der Waals surface area contributed by atoms with Crippen LogP contribution >= 0.6 is 0 Å². The Morgan fingerprint density at radius 2 is 1.71 bits per heavy atom. The minimum atomic E-state index is -0.565. The third kappa shape index (κ3) is 4.39. The number of carbonyl (C=O) groups is 3. The fourth-order valence-electron chi connectivity index (χ4n) is 3.45. The second kappa shape index (κ2) is 8.25. The average Bonchev–Trinajstić information content (AvgIpc) is 2.96. The van der Waals surface area contributed by atoms with Crippen LogP contribution in [0.25, 0.3) is 0 Å². The molecule has 0 saturated carbocycles. The van der Waals surface area contributed by atoms with Crippen molar-refractivity contribution in [3.8, 4) is 0 Å². The minimum Gasteiger partial charge on any atom is -0.326 e. The van der Waals surface area contributed by atoms with Gasteiger partial charge in [-0.25, -0.2) is 0 Å². The summed E-state index contributed by atoms with van der Waals surface area (Å²) < 4.78 is 0. The van der Waals surface area contributed by atoms with Gasteiger partial charge in [0.25, 0.3) is 5.91 Å². The minimum absolute atomic E-state index is 0.108. The fourth-order valence-corrected chi connectivity index (χ4v) is 3.45. The molecule has 1 atom stereocenters. The highest BCUT2D eigenvalue weighted by atomic mass is 16.2. The summed E-state index contributed by atoms with van der Waals surface area (Å²) in [5.41, 5.74) is 2.79. The van der Waals surface area contributed by atoms with Crippen molar-refractivity contribution in [2.75, 3.05) is 10.6 Å². The molecule has 0 aromatic heterocycles. The van der Waals surface area contributed by atoms with E-state index in [0.717, 1.165) is 5.56 Å². The number of hydrogen-bond acceptors (Lipinski definition) is 3. The Morgan fingerprint density at radius 1 is 1.04 bits per heavy atom. The Labute approximate surface area is 164 Å². The van der Waals surface area contributed by atoms with Gasteiger partial charge in [0.15, 0.2) is 0 Å². The summed E-state index contributed by atoms with van der Waals surface area (Å²) >= 11 is 0. The van der Waals surface area contributed by atoms with Crippen LogP contribution in [0.4, 0.5) is 11.4 Å². The molecule has 0 aliphatic carbocycles. The monoisotopic (exact) mass is 379 g/mol. The number of anilines is 2. The summed E-state index contributed by atoms with van der Waals surface area (Å²) in [4.78, 5) is 38.8. The summed E-state index contributed by atoms with van der Waals surface area (Å²) in [6.07, 6.45) is 0.566. The molecule has 28 heavy (non-hydrogen) atoms. The molecule has 3 rings (SSSR count). The largest absolute Gasteiger partial charge is 0.326 e. The van der Waals surface area contributed by atoms with Crippen molar-refractivity contribution in [1.82, 2.24) is 4.90 Å². The van der Waals surface area contributed by atoms with Gasteiger partial charge in [-0.2, -0.15) is 0 Å². The molecule has 3 amide bonds. The Bertz CT molecular complexity index is 907. The van der Waals surface area contributed by atoms with Gasteiger partial charge in [-0.15, -0.1) is 0 Å². The molecule has 0 unspecified atom stereocenters. The Kier molecular flexibility index (Phi) is 5.78. The molecule has 0 radical (unpaired) electrons. The number of rotatable bonds is 6. The number of nitrogens with zero attached hydrogens (tertiary/aromatic N) is 1. The highest BCUT2D eigenvalue weighted by Crippen LogP contribution is 2.27. The zero-order chi connectivity index (χ0) is 20.3. The summed E-state index contributed by atoms with van der Waals surface area (Å²) in [5, 5.41) is 5.60. The predicted octanol–water partition coefficient (Wildman–Crippen LogP) is 3.65. The van der Waals surface area contributed by atoms with Crippen LogP contribution in [0, 0.1) is 5.92 Å². The van der Waals surface area contributed by atoms with Crippen molar-refractivity contribution in [2.24, 2.45) is 5.92 Å². The van der Waals surface area contributed by atoms with Gasteiger partial charge in [-0.05, 0) is 42.2 Å². The van der Waals surface area contributed by atoms with Crippen LogP contribution in [-0.2, 0) is 16.1 Å². The van der Waals surface area contributed by atoms with Crippen molar-refractivity contribution >= 4 is 29.1 Å². The third-order valence-electron chi connectivity index (χ3n) is 4.67. The molecule has 2 aromatic carbocycles. The van der Waals surface area contributed by atoms with Crippen molar-refractivity contribution in [1.29, 1.82) is 0 Å². The van der Waals surface area contributed by atoms with E-state index in [1.165, 1.54) is 6.92 Å². The highest BCUT2D eigenvalue weighted by Gasteiger charge is 2.36. The Balaban J connectivity index is 1.80. The standard InChI is InChI=1S/C22H25N3O3/c1-14(2)11-20(25-13-16-7-4-5-10-19(16)22(25)28)21(27)24-18-9-6-8-17(12-18)23-15(3)26/h4-10,12,14,20H,11,13H2,1-3H3,(H,23,26)(H,24,27)/t20-/m1/s1. The molecule has 2 N–H and O–H groups in total. The lowest BCUT2D eigenvalue weighted by Gasteiger charge is -2.28. The normalized spacial score (nSPS) is 14.0. The second-order valence-electron chi connectivity index (χ2n) is 7.49. The highest BCUT2D eigenvalue weighted by molar-refractivity contribution is 6.03. The maximum atomic E-state index is 13.1. The van der Waals surface area contributed by atoms with Gasteiger partial charge in [-0.1, -0.05) is 38.1 Å². The SMILES string of the molecule is CC(=O)Nc1cccc(NC(=O)[C@@H](CC(C)C)N2Cc3ccccc3C2=O)c1. The van der Waals surface area contributed by atoms with E-state index in [0.29, 0.717) is 29.9 Å². The van der Waals surface area contributed by atoms with Gasteiger partial charge in [-0.3, -0.25) is 14.4 Å². The molecule has 1 aliphatic rings. The quantitative estimate of drug-likeness (QED) is 0.804. The molecule has 1 heterocycles. The van der Waals surface area contributed by atoms with E-state index in [9.17, 15) is 14.4 Å². The zero-order valence-corrected chi connectivity index (χ0v) is 16.4. The van der Waals surface area contributed by atoms with Crippen LogP contribution in [0.1, 0.15) is 43.1 Å². The molecule has 0 spiro atoms. The first-order chi connectivity index (χ1) is 13.3. The lowest BCUT2D eigenvalue weighted by molar-refractivity contribution is -0.121. The van der Waals surface area contributed by atoms with E-state index in [1.54, 1.807) is 35.2 Å². The summed E-state index contributed by atoms with van der Waals surface area (Å²) in [6, 6.07) is 13.9. The van der Waals surface area contributed by atoms with Gasteiger partial charge in [0.2, 0.25) is 11.8 Å². The van der Waals surface area contributed by atoms with E-state index in [-0.39, 0.29) is 23.6 Å². The average molecular weight is 379 g/mol. The molecule has 0 saturated heterocycles. The first kappa shape index (κ1) is 19.6. The molecule has 2 aromatic rings. The number of amides is 3. The van der Waals surface area contributed by atoms with Crippen LogP contribution in [-0.4, -0.2) is 28.7 Å². The van der Waals surface area contributed by atoms with Gasteiger partial charge in [0, 0.05) is 30.4 Å². The second-order valence-corrected chi connectivity index (χ2v) is 7.49. The molecule has 0 fully saturated rings. The first-order valence-electron chi connectivity index (χ1n) is 9.42. The maximum absolute atomic E-state index is 13.1. The zero-order valence-electron chi connectivity index (χ0n) is 16.4. The smallest absolute Gasteiger partial charge is 0.255 e. The molecule has 1 aliphatic heterocycles. The van der Waals surface area contributed by atoms with Gasteiger partial charge < -0.3 is 15.5 Å². The molecular weight excluding hydrogens is 354 g/mol. The lowest BCUT2D eigenvalue weighted by atomic mass is 10.0. The van der Waals surface area contributed by atoms with Crippen LogP contribution in [0.3, 0.4) is 0 Å². The molecule has 6 heteroatoms. The summed E-state index contributed by atoms with van der Waals surface area (Å²) in [7, 11) is 0. The van der Waals surface area contributed by atoms with Crippen LogP contribution in [0.15, 0.2) is 48.5 Å². The van der Waals surface area contributed by atoms with Crippen LogP contribution < -0.4 is 10.6 Å². The van der Waals surface area contributed by atoms with E-state index in [1.807, 2.05) is 32.0 Å². The van der Waals surface area contributed by atoms with Crippen LogP contribution in [0.2, 0.25) is 0 Å². The van der Waals surface area contributed by atoms with E-state index >= 15 is 0 Å². The number of benzene rings is 2. The lowest BCUT2D eigenvalue weighted by Crippen LogP contribution is -2.45. The van der Waals surface area contributed by atoms with Crippen molar-refractivity contribution in [3.05, 3.63) is 59.7 Å². The van der Waals surface area contributed by atoms with Crippen LogP contribution in [0.5, 0.6) is 0 Å². The molecular formula is C22H25N3O3. The maximum Gasteiger partial charge on any atom is 0.255 e. The number of fused-ring (bicyclic) bond motifs is 1. The predicted molar refractivity (Wildman–Crippen MR) is 109 cm³/mol. The van der Waals surface area contributed by atoms with Crippen molar-refractivity contribution in [3.63, 3.8) is 0 Å². The van der Waals surface area contributed by atoms with Crippen molar-refractivity contribution in [2.45, 2.75) is 39.8 Å². The summed E-state index contributed by atoms with van der Waals surface area (Å²) in [6.45, 7) is 5.93. The topological polar surface area (TPSA) is 78.5 Å². The van der Waals surface area contributed by atoms with E-state index in [2.05, 4.69) is 10.6 Å². The van der Waals surface area contributed by atoms with Gasteiger partial charge in [0.1, 0.15) is 6.04 Å². The summed E-state index contributed by atoms with van der Waals surface area (Å²) in [5.74, 6) is -0.266. The Morgan fingerprint density at radius 3 is 2.36 bits per heavy atom.